The highest BCUT2D eigenvalue weighted by Gasteiger charge is 2.20. The first-order valence-electron chi connectivity index (χ1n) is 8.80. The van der Waals surface area contributed by atoms with Crippen molar-refractivity contribution in [3.8, 4) is 5.75 Å². The minimum atomic E-state index is -0.258. The Morgan fingerprint density at radius 3 is 2.96 bits per heavy atom. The minimum Gasteiger partial charge on any atom is -0.484 e. The Bertz CT molecular complexity index is 851. The summed E-state index contributed by atoms with van der Waals surface area (Å²) in [5.41, 5.74) is 2.15. The molecule has 25 heavy (non-hydrogen) atoms. The van der Waals surface area contributed by atoms with Crippen molar-refractivity contribution in [3.05, 3.63) is 39.7 Å². The fourth-order valence-corrected chi connectivity index (χ4v) is 3.59. The summed E-state index contributed by atoms with van der Waals surface area (Å²) in [4.78, 5) is 23.9. The van der Waals surface area contributed by atoms with Crippen molar-refractivity contribution in [1.29, 1.82) is 0 Å². The van der Waals surface area contributed by atoms with Gasteiger partial charge in [0.1, 0.15) is 11.3 Å². The molecule has 1 N–H and O–H groups in total. The molecule has 0 saturated carbocycles. The van der Waals surface area contributed by atoms with Crippen LogP contribution in [0, 0.1) is 0 Å². The van der Waals surface area contributed by atoms with Gasteiger partial charge in [0.15, 0.2) is 6.61 Å². The molecule has 0 bridgehead atoms. The van der Waals surface area contributed by atoms with Crippen LogP contribution in [0.25, 0.3) is 11.0 Å². The Morgan fingerprint density at radius 2 is 2.12 bits per heavy atom. The van der Waals surface area contributed by atoms with Crippen molar-refractivity contribution in [1.82, 2.24) is 5.32 Å². The molecule has 2 heterocycles. The average Bonchev–Trinajstić information content (AvgIpc) is 3.29. The van der Waals surface area contributed by atoms with E-state index in [9.17, 15) is 9.59 Å². The number of carbonyl (C=O) groups excluding carboxylic acids is 1. The molecule has 0 unspecified atom stereocenters. The molecule has 1 aromatic heterocycles. The zero-order valence-corrected chi connectivity index (χ0v) is 14.0. The number of rotatable bonds is 5. The van der Waals surface area contributed by atoms with Crippen molar-refractivity contribution >= 4 is 16.9 Å². The topological polar surface area (TPSA) is 77.8 Å². The van der Waals surface area contributed by atoms with E-state index >= 15 is 0 Å². The predicted molar refractivity (Wildman–Crippen MR) is 92.0 cm³/mol. The second kappa shape index (κ2) is 6.88. The van der Waals surface area contributed by atoms with Gasteiger partial charge < -0.3 is 19.2 Å². The third kappa shape index (κ3) is 3.39. The van der Waals surface area contributed by atoms with Crippen LogP contribution in [0.1, 0.15) is 30.4 Å². The molecule has 0 spiro atoms. The van der Waals surface area contributed by atoms with Gasteiger partial charge in [-0.3, -0.25) is 4.79 Å². The second-order valence-electron chi connectivity index (χ2n) is 6.59. The van der Waals surface area contributed by atoms with Crippen LogP contribution in [0.4, 0.5) is 0 Å². The van der Waals surface area contributed by atoms with Crippen LogP contribution >= 0.6 is 0 Å². The Labute approximate surface area is 145 Å². The smallest absolute Gasteiger partial charge is 0.339 e. The maximum absolute atomic E-state index is 12.0. The number of carbonyl (C=O) groups is 1. The second-order valence-corrected chi connectivity index (χ2v) is 6.59. The number of benzene rings is 1. The van der Waals surface area contributed by atoms with E-state index in [0.29, 0.717) is 17.9 Å². The quantitative estimate of drug-likeness (QED) is 0.840. The van der Waals surface area contributed by atoms with Crippen molar-refractivity contribution in [2.75, 3.05) is 19.8 Å². The van der Waals surface area contributed by atoms with Crippen LogP contribution in [0.15, 0.2) is 27.4 Å². The number of hydrogen-bond donors (Lipinski definition) is 1. The number of fused-ring (bicyclic) bond motifs is 3. The number of hydrogen-bond acceptors (Lipinski definition) is 5. The van der Waals surface area contributed by atoms with Gasteiger partial charge in [-0.25, -0.2) is 4.79 Å². The van der Waals surface area contributed by atoms with Gasteiger partial charge in [0, 0.05) is 30.2 Å². The van der Waals surface area contributed by atoms with Crippen LogP contribution in [-0.2, 0) is 22.4 Å². The summed E-state index contributed by atoms with van der Waals surface area (Å²) in [7, 11) is 0. The molecule has 132 valence electrons. The Morgan fingerprint density at radius 1 is 1.24 bits per heavy atom. The fraction of sp³-hybridized carbons (Fsp3) is 0.474. The Hall–Kier alpha value is -2.34. The highest BCUT2D eigenvalue weighted by atomic mass is 16.5. The number of nitrogens with one attached hydrogen (secondary N) is 1. The molecule has 2 aliphatic rings. The number of ether oxygens (including phenoxy) is 2. The van der Waals surface area contributed by atoms with Gasteiger partial charge in [-0.15, -0.1) is 0 Å². The molecule has 1 aliphatic carbocycles. The third-order valence-electron chi connectivity index (χ3n) is 4.87. The van der Waals surface area contributed by atoms with E-state index in [1.807, 2.05) is 12.1 Å². The van der Waals surface area contributed by atoms with Crippen LogP contribution < -0.4 is 15.7 Å². The normalized spacial score (nSPS) is 19.1. The predicted octanol–water partition coefficient (Wildman–Crippen LogP) is 1.96. The van der Waals surface area contributed by atoms with Crippen LogP contribution in [-0.4, -0.2) is 31.8 Å². The van der Waals surface area contributed by atoms with E-state index < -0.39 is 0 Å². The maximum Gasteiger partial charge on any atom is 0.339 e. The van der Waals surface area contributed by atoms with Crippen LogP contribution in [0.3, 0.4) is 0 Å². The zero-order valence-electron chi connectivity index (χ0n) is 14.0. The van der Waals surface area contributed by atoms with E-state index in [1.54, 1.807) is 6.07 Å². The summed E-state index contributed by atoms with van der Waals surface area (Å²) in [5.74, 6) is 0.326. The van der Waals surface area contributed by atoms with Gasteiger partial charge in [-0.05, 0) is 49.8 Å². The molecule has 1 amide bonds. The highest BCUT2D eigenvalue weighted by Crippen LogP contribution is 2.29. The molecule has 6 nitrogen and oxygen atoms in total. The lowest BCUT2D eigenvalue weighted by Crippen LogP contribution is -2.35. The molecule has 0 radical (unpaired) electrons. The molecule has 1 aliphatic heterocycles. The fourth-order valence-electron chi connectivity index (χ4n) is 3.59. The Balaban J connectivity index is 1.41. The molecule has 4 rings (SSSR count). The summed E-state index contributed by atoms with van der Waals surface area (Å²) < 4.78 is 16.4. The lowest BCUT2D eigenvalue weighted by molar-refractivity contribution is -0.123. The number of amides is 1. The zero-order chi connectivity index (χ0) is 17.2. The lowest BCUT2D eigenvalue weighted by atomic mass is 10.1. The molecule has 1 atom stereocenters. The summed E-state index contributed by atoms with van der Waals surface area (Å²) in [6, 6.07) is 5.40. The van der Waals surface area contributed by atoms with Crippen molar-refractivity contribution in [2.45, 2.75) is 38.2 Å². The van der Waals surface area contributed by atoms with E-state index in [-0.39, 0.29) is 24.2 Å². The van der Waals surface area contributed by atoms with E-state index in [4.69, 9.17) is 13.9 Å². The monoisotopic (exact) mass is 343 g/mol. The van der Waals surface area contributed by atoms with Gasteiger partial charge >= 0.3 is 5.63 Å². The first kappa shape index (κ1) is 16.1. The third-order valence-corrected chi connectivity index (χ3v) is 4.87. The standard InChI is InChI=1S/C19H21NO5/c21-18(20-10-13-3-2-8-23-13)11-24-12-6-7-15-14-4-1-5-16(14)19(22)25-17(15)9-12/h6-7,9,13H,1-5,8,10-11H2,(H,20,21)/t13-/m1/s1. The Kier molecular flexibility index (Phi) is 4.44. The SMILES string of the molecule is O=C(COc1ccc2c3c(c(=O)oc2c1)CCC3)NC[C@H]1CCCO1. The summed E-state index contributed by atoms with van der Waals surface area (Å²) in [5, 5.41) is 3.77. The summed E-state index contributed by atoms with van der Waals surface area (Å²) in [6.45, 7) is 1.21. The van der Waals surface area contributed by atoms with Crippen molar-refractivity contribution < 1.29 is 18.7 Å². The van der Waals surface area contributed by atoms with Gasteiger partial charge in [-0.2, -0.15) is 0 Å². The van der Waals surface area contributed by atoms with Gasteiger partial charge in [-0.1, -0.05) is 0 Å². The minimum absolute atomic E-state index is 0.0760. The van der Waals surface area contributed by atoms with E-state index in [1.165, 1.54) is 0 Å². The molecule has 2 aromatic rings. The van der Waals surface area contributed by atoms with Crippen molar-refractivity contribution in [3.63, 3.8) is 0 Å². The number of aryl methyl sites for hydroxylation is 1. The highest BCUT2D eigenvalue weighted by molar-refractivity contribution is 5.83. The largest absolute Gasteiger partial charge is 0.484 e. The van der Waals surface area contributed by atoms with Crippen LogP contribution in [0.2, 0.25) is 0 Å². The average molecular weight is 343 g/mol. The molecular weight excluding hydrogens is 322 g/mol. The van der Waals surface area contributed by atoms with E-state index in [0.717, 1.165) is 55.2 Å². The molecule has 6 heteroatoms. The first-order valence-corrected chi connectivity index (χ1v) is 8.80. The molecular formula is C19H21NO5. The summed E-state index contributed by atoms with van der Waals surface area (Å²) >= 11 is 0. The molecule has 1 aromatic carbocycles. The maximum atomic E-state index is 12.0. The lowest BCUT2D eigenvalue weighted by Gasteiger charge is -2.12. The van der Waals surface area contributed by atoms with Gasteiger partial charge in [0.05, 0.1) is 6.10 Å². The molecule has 1 fully saturated rings. The first-order chi connectivity index (χ1) is 12.2. The van der Waals surface area contributed by atoms with Gasteiger partial charge in [0.2, 0.25) is 0 Å². The van der Waals surface area contributed by atoms with E-state index in [2.05, 4.69) is 5.32 Å². The molecule has 1 saturated heterocycles. The van der Waals surface area contributed by atoms with Crippen LogP contribution in [0.5, 0.6) is 5.75 Å². The van der Waals surface area contributed by atoms with Crippen molar-refractivity contribution in [2.24, 2.45) is 0 Å². The summed E-state index contributed by atoms with van der Waals surface area (Å²) in [6.07, 6.45) is 4.82. The van der Waals surface area contributed by atoms with Gasteiger partial charge in [0.25, 0.3) is 5.91 Å².